The maximum Gasteiger partial charge on any atom is 0.305 e. The first kappa shape index (κ1) is 64.7. The molecule has 2 aliphatic rings. The number of hydrogen-bond acceptors (Lipinski definition) is 16. The van der Waals surface area contributed by atoms with Crippen LogP contribution in [-0.4, -0.2) is 180 Å². The number of carboxylic acids is 1. The van der Waals surface area contributed by atoms with E-state index >= 15 is 0 Å². The van der Waals surface area contributed by atoms with E-state index in [1.807, 2.05) is 0 Å². The van der Waals surface area contributed by atoms with E-state index < -0.39 is 132 Å². The highest BCUT2D eigenvalue weighted by atomic mass is 33.1. The Morgan fingerprint density at radius 1 is 0.756 bits per heavy atom. The summed E-state index contributed by atoms with van der Waals surface area (Å²) in [4.78, 5) is 159. The van der Waals surface area contributed by atoms with Crippen LogP contribution in [-0.2, 0) is 59.2 Å². The third kappa shape index (κ3) is 22.2. The Labute approximate surface area is 458 Å². The first-order valence-electron chi connectivity index (χ1n) is 25.1. The number of benzene rings is 1. The minimum Gasteiger partial charge on any atom is -0.497 e. The van der Waals surface area contributed by atoms with Crippen molar-refractivity contribution in [3.8, 4) is 5.75 Å². The number of ether oxygens (including phenoxy) is 1. The van der Waals surface area contributed by atoms with E-state index in [0.29, 0.717) is 24.2 Å². The van der Waals surface area contributed by atoms with Crippen LogP contribution in [0.2, 0.25) is 0 Å². The fourth-order valence-electron chi connectivity index (χ4n) is 8.03. The number of nitrogens with one attached hydrogen (secondary N) is 8. The summed E-state index contributed by atoms with van der Waals surface area (Å²) in [5.41, 5.74) is 28.1. The molecular weight excluding hydrogens is 1060 g/mol. The SMILES string of the molecule is CC[C@H](C)[C@@H]1NC(=O)[C@@H](NC(C)=O)CSSC[C@@H](C(N)=O)NC(=O)[C@H](CCCN=C(N)N)NC(=O)[C@H](Cc2ccc(OC)cc2)NC(=O)[C@H](CC(=O)O)NC(=O)CNC(=O)[C@H](CCCN=C(N)N)NC(=O)[C@@H]2CCCN2C1=O. The largest absolute Gasteiger partial charge is 0.497 e. The molecule has 1 aromatic carbocycles. The summed E-state index contributed by atoms with van der Waals surface area (Å²) in [6, 6.07) is -4.81. The Morgan fingerprint density at radius 3 is 1.88 bits per heavy atom. The number of amides is 10. The highest BCUT2D eigenvalue weighted by Gasteiger charge is 2.41. The monoisotopic (exact) mass is 1130 g/mol. The third-order valence-electron chi connectivity index (χ3n) is 12.4. The standard InChI is InChI=1S/C47H74N16O13S2/c1-5-24(2)37-45(75)63-18-8-11-34(63)44(74)59-28(9-6-16-53-46(49)50)39(69)55-21-35(65)57-31(20-36(66)67)42(72)60-30(19-26-12-14-27(76-4)15-13-26)41(71)58-29(10-7-17-54-47(51)52)40(70)61-32(38(48)68)22-77-78-23-33(43(73)62-37)56-25(3)64/h12-15,24,28-34,37H,5-11,16-23H2,1-4H3,(H2,48,68)(H,55,69)(H,56,64)(H,57,65)(H,58,71)(H,59,74)(H,60,72)(H,61,70)(H,62,73)(H,66,67)(H4,49,50,53)(H4,51,52,54)/t24-,28-,29-,30-,31-,32-,33-,34-,37-/m0/s1. The number of carbonyl (C=O) groups is 11. The maximum atomic E-state index is 14.4. The number of hydrogen-bond donors (Lipinski definition) is 14. The van der Waals surface area contributed by atoms with Crippen LogP contribution in [0.3, 0.4) is 0 Å². The number of aliphatic imine (C=N–C) groups is 2. The van der Waals surface area contributed by atoms with Gasteiger partial charge in [0.1, 0.15) is 54.1 Å². The van der Waals surface area contributed by atoms with Gasteiger partial charge in [0.05, 0.1) is 20.1 Å². The molecule has 432 valence electrons. The first-order chi connectivity index (χ1) is 36.9. The van der Waals surface area contributed by atoms with E-state index in [0.717, 1.165) is 21.6 Å². The molecule has 9 atom stereocenters. The van der Waals surface area contributed by atoms with Crippen LogP contribution in [0.15, 0.2) is 34.3 Å². The maximum absolute atomic E-state index is 14.4. The number of carboxylic acid groups (broad SMARTS) is 1. The lowest BCUT2D eigenvalue weighted by atomic mass is 9.97. The molecule has 10 amide bonds. The molecule has 78 heavy (non-hydrogen) atoms. The molecule has 0 bridgehead atoms. The zero-order valence-electron chi connectivity index (χ0n) is 44.0. The van der Waals surface area contributed by atoms with Gasteiger partial charge < -0.3 is 85.9 Å². The molecule has 0 aliphatic carbocycles. The van der Waals surface area contributed by atoms with Crippen LogP contribution in [0.4, 0.5) is 0 Å². The van der Waals surface area contributed by atoms with E-state index in [-0.39, 0.29) is 81.6 Å². The molecular formula is C47H74N16O13S2. The van der Waals surface area contributed by atoms with Crippen molar-refractivity contribution in [2.75, 3.05) is 44.8 Å². The number of aliphatic carboxylic acids is 1. The number of guanidine groups is 2. The fraction of sp³-hybridized carbons (Fsp3) is 0.596. The molecule has 0 aromatic heterocycles. The van der Waals surface area contributed by atoms with E-state index in [2.05, 4.69) is 52.5 Å². The van der Waals surface area contributed by atoms with Gasteiger partial charge in [-0.15, -0.1) is 0 Å². The second-order valence-corrected chi connectivity index (χ2v) is 21.0. The Balaban J connectivity index is 2.13. The summed E-state index contributed by atoms with van der Waals surface area (Å²) >= 11 is 0. The Bertz CT molecular complexity index is 2360. The Morgan fingerprint density at radius 2 is 1.32 bits per heavy atom. The van der Waals surface area contributed by atoms with Crippen LogP contribution >= 0.6 is 21.6 Å². The molecule has 2 heterocycles. The van der Waals surface area contributed by atoms with Crippen molar-refractivity contribution in [2.24, 2.45) is 44.6 Å². The number of rotatable bonds is 17. The van der Waals surface area contributed by atoms with Crippen LogP contribution in [0, 0.1) is 5.92 Å². The summed E-state index contributed by atoms with van der Waals surface area (Å²) in [6.07, 6.45) is -0.285. The molecule has 0 spiro atoms. The molecule has 0 unspecified atom stereocenters. The minimum absolute atomic E-state index is 0.000440. The number of nitrogens with two attached hydrogens (primary N) is 5. The fourth-order valence-corrected chi connectivity index (χ4v) is 10.4. The number of primary amides is 1. The molecule has 1 aromatic rings. The Hall–Kier alpha value is -7.57. The van der Waals surface area contributed by atoms with Gasteiger partial charge >= 0.3 is 5.97 Å². The van der Waals surface area contributed by atoms with Crippen molar-refractivity contribution in [1.29, 1.82) is 0 Å². The molecule has 19 N–H and O–H groups in total. The van der Waals surface area contributed by atoms with Gasteiger partial charge in [-0.1, -0.05) is 54.0 Å². The predicted octanol–water partition coefficient (Wildman–Crippen LogP) is -4.73. The quantitative estimate of drug-likeness (QED) is 0.0301. The first-order valence-corrected chi connectivity index (χ1v) is 27.6. The smallest absolute Gasteiger partial charge is 0.305 e. The molecule has 2 saturated heterocycles. The van der Waals surface area contributed by atoms with E-state index in [9.17, 15) is 57.8 Å². The number of nitrogens with zero attached hydrogens (tertiary/aromatic N) is 3. The summed E-state index contributed by atoms with van der Waals surface area (Å²) in [5, 5.41) is 30.1. The van der Waals surface area contributed by atoms with Crippen molar-refractivity contribution in [3.63, 3.8) is 0 Å². The summed E-state index contributed by atoms with van der Waals surface area (Å²) in [6.45, 7) is 4.00. The number of methoxy groups -OCH3 is 1. The summed E-state index contributed by atoms with van der Waals surface area (Å²) in [7, 11) is 3.46. The van der Waals surface area contributed by atoms with Gasteiger partial charge in [-0.05, 0) is 62.1 Å². The van der Waals surface area contributed by atoms with Crippen molar-refractivity contribution >= 4 is 98.5 Å². The zero-order chi connectivity index (χ0) is 58.1. The van der Waals surface area contributed by atoms with E-state index in [1.165, 1.54) is 18.9 Å². The van der Waals surface area contributed by atoms with E-state index in [1.54, 1.807) is 38.1 Å². The average Bonchev–Trinajstić information content (AvgIpc) is 3.88. The Kier molecular flexibility index (Phi) is 27.3. The van der Waals surface area contributed by atoms with Gasteiger partial charge in [-0.25, -0.2) is 0 Å². The molecule has 0 saturated carbocycles. The molecule has 3 rings (SSSR count). The van der Waals surface area contributed by atoms with Crippen molar-refractivity contribution in [3.05, 3.63) is 29.8 Å². The van der Waals surface area contributed by atoms with Crippen molar-refractivity contribution in [2.45, 2.75) is 127 Å². The molecule has 2 aliphatic heterocycles. The highest BCUT2D eigenvalue weighted by molar-refractivity contribution is 8.76. The van der Waals surface area contributed by atoms with E-state index in [4.69, 9.17) is 33.4 Å². The molecule has 2 fully saturated rings. The zero-order valence-corrected chi connectivity index (χ0v) is 45.6. The van der Waals surface area contributed by atoms with Gasteiger partial charge in [0.2, 0.25) is 59.1 Å². The lowest BCUT2D eigenvalue weighted by Gasteiger charge is -2.32. The number of fused-ring (bicyclic) bond motifs is 1. The predicted molar refractivity (Wildman–Crippen MR) is 289 cm³/mol. The van der Waals surface area contributed by atoms with Crippen LogP contribution < -0.4 is 75.9 Å². The van der Waals surface area contributed by atoms with Gasteiger partial charge in [-0.3, -0.25) is 62.7 Å². The lowest BCUT2D eigenvalue weighted by Crippen LogP contribution is -2.60. The second kappa shape index (κ2) is 32.9. The highest BCUT2D eigenvalue weighted by Crippen LogP contribution is 2.25. The van der Waals surface area contributed by atoms with Gasteiger partial charge in [0, 0.05) is 44.5 Å². The van der Waals surface area contributed by atoms with Crippen molar-refractivity contribution < 1.29 is 62.6 Å². The van der Waals surface area contributed by atoms with Crippen LogP contribution in [0.1, 0.15) is 77.7 Å². The second-order valence-electron chi connectivity index (χ2n) is 18.4. The number of carbonyl (C=O) groups excluding carboxylic acids is 10. The average molecular weight is 1140 g/mol. The van der Waals surface area contributed by atoms with Crippen LogP contribution in [0.5, 0.6) is 5.75 Å². The van der Waals surface area contributed by atoms with Gasteiger partial charge in [0.15, 0.2) is 11.9 Å². The molecule has 31 heteroatoms. The summed E-state index contributed by atoms with van der Waals surface area (Å²) in [5.74, 6) is -11.0. The molecule has 0 radical (unpaired) electrons. The van der Waals surface area contributed by atoms with Gasteiger partial charge in [-0.2, -0.15) is 0 Å². The molecule has 29 nitrogen and oxygen atoms in total. The third-order valence-corrected chi connectivity index (χ3v) is 14.8. The topological polar surface area (TPSA) is 472 Å². The van der Waals surface area contributed by atoms with Gasteiger partial charge in [0.25, 0.3) is 0 Å². The van der Waals surface area contributed by atoms with Crippen LogP contribution in [0.25, 0.3) is 0 Å². The summed E-state index contributed by atoms with van der Waals surface area (Å²) < 4.78 is 5.24. The van der Waals surface area contributed by atoms with Crippen molar-refractivity contribution in [1.82, 2.24) is 47.4 Å². The normalized spacial score (nSPS) is 24.2. The minimum atomic E-state index is -1.85. The lowest BCUT2D eigenvalue weighted by molar-refractivity contribution is -0.143.